The van der Waals surface area contributed by atoms with Gasteiger partial charge in [-0.15, -0.1) is 0 Å². The SMILES string of the molecule is CCOC(CC(C)C)(CC1(OC)CCC[CH]C1(C)CC(C)C)C1CCCC1. The third-order valence-corrected chi connectivity index (χ3v) is 7.51. The summed E-state index contributed by atoms with van der Waals surface area (Å²) in [5, 5.41) is 0. The predicted octanol–water partition coefficient (Wildman–Crippen LogP) is 7.21. The van der Waals surface area contributed by atoms with Gasteiger partial charge >= 0.3 is 0 Å². The maximum absolute atomic E-state index is 6.76. The molecule has 0 aromatic carbocycles. The van der Waals surface area contributed by atoms with Crippen LogP contribution in [0.1, 0.15) is 106 Å². The number of hydrogen-bond acceptors (Lipinski definition) is 2. The molecule has 2 aliphatic carbocycles. The molecule has 0 spiro atoms. The summed E-state index contributed by atoms with van der Waals surface area (Å²) in [5.41, 5.74) is 0.00706. The quantitative estimate of drug-likeness (QED) is 0.399. The molecular formula is C25H47O2. The van der Waals surface area contributed by atoms with Gasteiger partial charge in [0, 0.05) is 25.6 Å². The van der Waals surface area contributed by atoms with Crippen LogP contribution < -0.4 is 0 Å². The zero-order valence-corrected chi connectivity index (χ0v) is 19.4. The Kier molecular flexibility index (Phi) is 8.26. The summed E-state index contributed by atoms with van der Waals surface area (Å²) in [6, 6.07) is 0. The van der Waals surface area contributed by atoms with Crippen LogP contribution in [0.25, 0.3) is 0 Å². The summed E-state index contributed by atoms with van der Waals surface area (Å²) in [7, 11) is 1.97. The average Bonchev–Trinajstić information content (AvgIpc) is 3.11. The predicted molar refractivity (Wildman–Crippen MR) is 116 cm³/mol. The van der Waals surface area contributed by atoms with Crippen molar-refractivity contribution in [3.8, 4) is 0 Å². The summed E-state index contributed by atoms with van der Waals surface area (Å²) < 4.78 is 13.3. The molecule has 2 saturated carbocycles. The molecule has 1 radical (unpaired) electrons. The fourth-order valence-electron chi connectivity index (χ4n) is 6.62. The van der Waals surface area contributed by atoms with Gasteiger partial charge in [-0.05, 0) is 69.6 Å². The molecule has 0 amide bonds. The lowest BCUT2D eigenvalue weighted by atomic mass is 9.56. The Morgan fingerprint density at radius 2 is 1.74 bits per heavy atom. The molecule has 2 heteroatoms. The number of methoxy groups -OCH3 is 1. The van der Waals surface area contributed by atoms with Crippen molar-refractivity contribution in [3.63, 3.8) is 0 Å². The maximum Gasteiger partial charge on any atom is 0.0762 e. The van der Waals surface area contributed by atoms with Crippen molar-refractivity contribution in [2.75, 3.05) is 13.7 Å². The first-order valence-electron chi connectivity index (χ1n) is 11.8. The zero-order valence-electron chi connectivity index (χ0n) is 19.4. The van der Waals surface area contributed by atoms with E-state index >= 15 is 0 Å². The molecule has 0 saturated heterocycles. The molecule has 0 N–H and O–H groups in total. The second-order valence-electron chi connectivity index (χ2n) is 10.6. The Labute approximate surface area is 170 Å². The van der Waals surface area contributed by atoms with Crippen LogP contribution in [0.5, 0.6) is 0 Å². The van der Waals surface area contributed by atoms with Gasteiger partial charge in [0.05, 0.1) is 11.2 Å². The lowest BCUT2D eigenvalue weighted by molar-refractivity contribution is -0.193. The van der Waals surface area contributed by atoms with Crippen LogP contribution in [-0.4, -0.2) is 24.9 Å². The van der Waals surface area contributed by atoms with E-state index in [1.807, 2.05) is 7.11 Å². The Balaban J connectivity index is 2.43. The van der Waals surface area contributed by atoms with E-state index in [1.165, 1.54) is 51.4 Å². The Bertz CT molecular complexity index is 440. The minimum absolute atomic E-state index is 0.0289. The summed E-state index contributed by atoms with van der Waals surface area (Å²) in [6.45, 7) is 14.9. The van der Waals surface area contributed by atoms with Crippen LogP contribution >= 0.6 is 0 Å². The summed E-state index contributed by atoms with van der Waals surface area (Å²) in [4.78, 5) is 0. The summed E-state index contributed by atoms with van der Waals surface area (Å²) in [6.07, 6.45) is 15.1. The van der Waals surface area contributed by atoms with Gasteiger partial charge in [-0.25, -0.2) is 0 Å². The van der Waals surface area contributed by atoms with Gasteiger partial charge in [-0.3, -0.25) is 0 Å². The van der Waals surface area contributed by atoms with Gasteiger partial charge in [-0.2, -0.15) is 0 Å². The average molecular weight is 380 g/mol. The summed E-state index contributed by atoms with van der Waals surface area (Å²) in [5.74, 6) is 2.02. The molecule has 27 heavy (non-hydrogen) atoms. The van der Waals surface area contributed by atoms with E-state index in [2.05, 4.69) is 48.0 Å². The van der Waals surface area contributed by atoms with Crippen molar-refractivity contribution < 1.29 is 9.47 Å². The Morgan fingerprint density at radius 1 is 1.07 bits per heavy atom. The Morgan fingerprint density at radius 3 is 2.26 bits per heavy atom. The second-order valence-corrected chi connectivity index (χ2v) is 10.6. The van der Waals surface area contributed by atoms with Crippen molar-refractivity contribution in [1.82, 2.24) is 0 Å². The highest BCUT2D eigenvalue weighted by Gasteiger charge is 2.56. The van der Waals surface area contributed by atoms with Gasteiger partial charge in [-0.1, -0.05) is 53.9 Å². The van der Waals surface area contributed by atoms with Crippen LogP contribution in [0.3, 0.4) is 0 Å². The van der Waals surface area contributed by atoms with Gasteiger partial charge in [0.25, 0.3) is 0 Å². The fraction of sp³-hybridized carbons (Fsp3) is 0.960. The molecule has 2 aliphatic rings. The van der Waals surface area contributed by atoms with E-state index in [9.17, 15) is 0 Å². The minimum Gasteiger partial charge on any atom is -0.378 e. The topological polar surface area (TPSA) is 18.5 Å². The van der Waals surface area contributed by atoms with Crippen LogP contribution in [0.2, 0.25) is 0 Å². The standard InChI is InChI=1S/C25H47O2/c1-8-27-24(18-21(4)5,22-13-9-10-14-22)19-25(26-7)16-12-11-15-23(25,6)17-20(2)3/h15,20-22H,8-14,16-19H2,1-7H3. The smallest absolute Gasteiger partial charge is 0.0762 e. The molecule has 0 aromatic rings. The van der Waals surface area contributed by atoms with Gasteiger partial charge in [0.15, 0.2) is 0 Å². The third-order valence-electron chi connectivity index (χ3n) is 7.51. The van der Waals surface area contributed by atoms with Crippen LogP contribution in [-0.2, 0) is 9.47 Å². The normalized spacial score (nSPS) is 32.3. The molecule has 0 aliphatic heterocycles. The van der Waals surface area contributed by atoms with E-state index in [0.29, 0.717) is 17.8 Å². The minimum atomic E-state index is -0.0951. The molecule has 159 valence electrons. The fourth-order valence-corrected chi connectivity index (χ4v) is 6.62. The second kappa shape index (κ2) is 9.61. The van der Waals surface area contributed by atoms with Crippen LogP contribution in [0.15, 0.2) is 0 Å². The molecule has 0 bridgehead atoms. The van der Waals surface area contributed by atoms with E-state index in [0.717, 1.165) is 19.4 Å². The number of hydrogen-bond donors (Lipinski definition) is 0. The number of rotatable bonds is 10. The van der Waals surface area contributed by atoms with E-state index in [4.69, 9.17) is 9.47 Å². The van der Waals surface area contributed by atoms with Gasteiger partial charge < -0.3 is 9.47 Å². The molecule has 3 atom stereocenters. The van der Waals surface area contributed by atoms with Crippen molar-refractivity contribution >= 4 is 0 Å². The highest BCUT2D eigenvalue weighted by Crippen LogP contribution is 2.56. The highest BCUT2D eigenvalue weighted by molar-refractivity contribution is 5.12. The summed E-state index contributed by atoms with van der Waals surface area (Å²) >= 11 is 0. The van der Waals surface area contributed by atoms with Crippen LogP contribution in [0.4, 0.5) is 0 Å². The Hall–Kier alpha value is -0.0800. The van der Waals surface area contributed by atoms with Crippen molar-refractivity contribution in [2.24, 2.45) is 23.2 Å². The van der Waals surface area contributed by atoms with Crippen LogP contribution in [0, 0.1) is 29.6 Å². The molecule has 3 unspecified atom stereocenters. The largest absolute Gasteiger partial charge is 0.378 e. The molecule has 0 aromatic heterocycles. The molecule has 2 rings (SSSR count). The van der Waals surface area contributed by atoms with E-state index in [1.54, 1.807) is 0 Å². The first-order valence-corrected chi connectivity index (χ1v) is 11.8. The van der Waals surface area contributed by atoms with Gasteiger partial charge in [0.1, 0.15) is 0 Å². The van der Waals surface area contributed by atoms with Crippen molar-refractivity contribution in [2.45, 2.75) is 117 Å². The molecule has 2 fully saturated rings. The molecule has 2 nitrogen and oxygen atoms in total. The van der Waals surface area contributed by atoms with E-state index < -0.39 is 0 Å². The molecule has 0 heterocycles. The van der Waals surface area contributed by atoms with Crippen molar-refractivity contribution in [3.05, 3.63) is 6.42 Å². The monoisotopic (exact) mass is 379 g/mol. The van der Waals surface area contributed by atoms with Crippen molar-refractivity contribution in [1.29, 1.82) is 0 Å². The van der Waals surface area contributed by atoms with Gasteiger partial charge in [0.2, 0.25) is 0 Å². The first-order chi connectivity index (χ1) is 12.7. The maximum atomic E-state index is 6.76. The highest BCUT2D eigenvalue weighted by atomic mass is 16.5. The zero-order chi connectivity index (χ0) is 20.1. The third kappa shape index (κ3) is 5.10. The first kappa shape index (κ1) is 23.2. The number of ether oxygens (including phenoxy) is 2. The lowest BCUT2D eigenvalue weighted by Crippen LogP contribution is -2.58. The molecular weight excluding hydrogens is 332 g/mol. The van der Waals surface area contributed by atoms with E-state index in [-0.39, 0.29) is 16.6 Å². The lowest BCUT2D eigenvalue weighted by Gasteiger charge is -2.56.